The monoisotopic (exact) mass is 308 g/mol. The van der Waals surface area contributed by atoms with Crippen molar-refractivity contribution in [2.24, 2.45) is 0 Å². The molecule has 0 aliphatic heterocycles. The standard InChI is InChI=1S/C18H20N4O/c1-3-9-23-13-6-4-5-12(10-13)14-7-8-15-16(11(14)2)17(19)22-18(20)21-15/h4-8,10H,3,9H2,1-2H3,(H4,19,20,21,22). The molecule has 0 radical (unpaired) electrons. The third kappa shape index (κ3) is 2.90. The van der Waals surface area contributed by atoms with E-state index in [1.807, 2.05) is 37.3 Å². The van der Waals surface area contributed by atoms with Crippen molar-refractivity contribution in [3.05, 3.63) is 42.0 Å². The van der Waals surface area contributed by atoms with Gasteiger partial charge in [0.05, 0.1) is 12.1 Å². The van der Waals surface area contributed by atoms with Crippen LogP contribution in [0.25, 0.3) is 22.0 Å². The number of nitrogens with zero attached hydrogens (tertiary/aromatic N) is 2. The number of aromatic nitrogens is 2. The number of fused-ring (bicyclic) bond motifs is 1. The summed E-state index contributed by atoms with van der Waals surface area (Å²) in [5.74, 6) is 1.47. The van der Waals surface area contributed by atoms with E-state index in [9.17, 15) is 0 Å². The van der Waals surface area contributed by atoms with Crippen molar-refractivity contribution in [1.29, 1.82) is 0 Å². The highest BCUT2D eigenvalue weighted by molar-refractivity contribution is 5.96. The Kier molecular flexibility index (Phi) is 4.02. The number of rotatable bonds is 4. The van der Waals surface area contributed by atoms with E-state index in [4.69, 9.17) is 16.2 Å². The number of hydrogen-bond donors (Lipinski definition) is 2. The number of ether oxygens (including phenoxy) is 1. The Labute approximate surface area is 135 Å². The fourth-order valence-electron chi connectivity index (χ4n) is 2.73. The first-order chi connectivity index (χ1) is 11.1. The summed E-state index contributed by atoms with van der Waals surface area (Å²) in [6.07, 6.45) is 0.981. The molecular weight excluding hydrogens is 288 g/mol. The molecule has 5 heteroatoms. The molecule has 2 aromatic carbocycles. The summed E-state index contributed by atoms with van der Waals surface area (Å²) in [4.78, 5) is 8.33. The minimum absolute atomic E-state index is 0.192. The van der Waals surface area contributed by atoms with E-state index in [0.29, 0.717) is 12.4 Å². The van der Waals surface area contributed by atoms with E-state index in [1.54, 1.807) is 0 Å². The first kappa shape index (κ1) is 15.1. The first-order valence-corrected chi connectivity index (χ1v) is 7.65. The van der Waals surface area contributed by atoms with Gasteiger partial charge in [0.25, 0.3) is 0 Å². The summed E-state index contributed by atoms with van der Waals surface area (Å²) in [5, 5.41) is 0.844. The van der Waals surface area contributed by atoms with Crippen LogP contribution in [0.5, 0.6) is 5.75 Å². The van der Waals surface area contributed by atoms with Gasteiger partial charge in [0.15, 0.2) is 0 Å². The average Bonchev–Trinajstić information content (AvgIpc) is 2.52. The van der Waals surface area contributed by atoms with Gasteiger partial charge in [-0.2, -0.15) is 4.98 Å². The molecule has 0 atom stereocenters. The summed E-state index contributed by atoms with van der Waals surface area (Å²) in [5.41, 5.74) is 15.7. The van der Waals surface area contributed by atoms with Gasteiger partial charge in [-0.1, -0.05) is 25.1 Å². The molecule has 0 fully saturated rings. The van der Waals surface area contributed by atoms with E-state index in [0.717, 1.165) is 39.8 Å². The van der Waals surface area contributed by atoms with E-state index in [2.05, 4.69) is 23.0 Å². The van der Waals surface area contributed by atoms with Crippen molar-refractivity contribution in [2.45, 2.75) is 20.3 Å². The Hall–Kier alpha value is -2.82. The fourth-order valence-corrected chi connectivity index (χ4v) is 2.73. The molecule has 0 spiro atoms. The van der Waals surface area contributed by atoms with Crippen molar-refractivity contribution in [2.75, 3.05) is 18.1 Å². The highest BCUT2D eigenvalue weighted by atomic mass is 16.5. The molecule has 5 nitrogen and oxygen atoms in total. The summed E-state index contributed by atoms with van der Waals surface area (Å²) in [6.45, 7) is 4.82. The van der Waals surface area contributed by atoms with Gasteiger partial charge in [0.1, 0.15) is 11.6 Å². The van der Waals surface area contributed by atoms with Crippen LogP contribution in [0.4, 0.5) is 11.8 Å². The third-order valence-electron chi connectivity index (χ3n) is 3.79. The van der Waals surface area contributed by atoms with Crippen molar-refractivity contribution in [3.63, 3.8) is 0 Å². The maximum absolute atomic E-state index is 6.04. The van der Waals surface area contributed by atoms with E-state index in [1.165, 1.54) is 0 Å². The minimum atomic E-state index is 0.192. The average molecular weight is 308 g/mol. The Bertz CT molecular complexity index is 861. The molecule has 0 unspecified atom stereocenters. The number of nitrogens with two attached hydrogens (primary N) is 2. The van der Waals surface area contributed by atoms with Gasteiger partial charge in [0.2, 0.25) is 5.95 Å². The molecule has 0 saturated heterocycles. The predicted molar refractivity (Wildman–Crippen MR) is 94.3 cm³/mol. The Morgan fingerprint density at radius 2 is 1.91 bits per heavy atom. The van der Waals surface area contributed by atoms with Gasteiger partial charge in [-0.15, -0.1) is 0 Å². The van der Waals surface area contributed by atoms with Gasteiger partial charge < -0.3 is 16.2 Å². The molecule has 23 heavy (non-hydrogen) atoms. The van der Waals surface area contributed by atoms with Gasteiger partial charge in [-0.3, -0.25) is 0 Å². The summed E-state index contributed by atoms with van der Waals surface area (Å²) < 4.78 is 5.72. The van der Waals surface area contributed by atoms with Crippen LogP contribution in [0, 0.1) is 6.92 Å². The van der Waals surface area contributed by atoms with Crippen LogP contribution in [0.15, 0.2) is 36.4 Å². The predicted octanol–water partition coefficient (Wildman–Crippen LogP) is 3.56. The molecule has 1 heterocycles. The van der Waals surface area contributed by atoms with E-state index < -0.39 is 0 Å². The quantitative estimate of drug-likeness (QED) is 0.769. The first-order valence-electron chi connectivity index (χ1n) is 7.65. The second kappa shape index (κ2) is 6.12. The normalized spacial score (nSPS) is 10.9. The smallest absolute Gasteiger partial charge is 0.222 e. The van der Waals surface area contributed by atoms with Crippen LogP contribution in [0.1, 0.15) is 18.9 Å². The van der Waals surface area contributed by atoms with Crippen LogP contribution in [-0.2, 0) is 0 Å². The fraction of sp³-hybridized carbons (Fsp3) is 0.222. The Balaban J connectivity index is 2.12. The molecule has 0 amide bonds. The molecule has 3 rings (SSSR count). The highest BCUT2D eigenvalue weighted by Crippen LogP contribution is 2.33. The molecular formula is C18H20N4O. The number of hydrogen-bond acceptors (Lipinski definition) is 5. The zero-order chi connectivity index (χ0) is 16.4. The number of nitrogen functional groups attached to an aromatic ring is 2. The number of anilines is 2. The number of aryl methyl sites for hydroxylation is 1. The van der Waals surface area contributed by atoms with Gasteiger partial charge in [-0.05, 0) is 48.2 Å². The molecule has 1 aromatic heterocycles. The van der Waals surface area contributed by atoms with E-state index >= 15 is 0 Å². The molecule has 0 bridgehead atoms. The molecule has 0 aliphatic carbocycles. The Morgan fingerprint density at radius 3 is 2.70 bits per heavy atom. The maximum atomic E-state index is 6.04. The zero-order valence-corrected chi connectivity index (χ0v) is 13.3. The molecule has 0 saturated carbocycles. The van der Waals surface area contributed by atoms with E-state index in [-0.39, 0.29) is 5.95 Å². The van der Waals surface area contributed by atoms with Crippen molar-refractivity contribution in [1.82, 2.24) is 9.97 Å². The van der Waals surface area contributed by atoms with Crippen LogP contribution >= 0.6 is 0 Å². The van der Waals surface area contributed by atoms with Gasteiger partial charge >= 0.3 is 0 Å². The van der Waals surface area contributed by atoms with Gasteiger partial charge in [0, 0.05) is 5.39 Å². The third-order valence-corrected chi connectivity index (χ3v) is 3.79. The van der Waals surface area contributed by atoms with Crippen LogP contribution < -0.4 is 16.2 Å². The second-order valence-corrected chi connectivity index (χ2v) is 5.48. The SMILES string of the molecule is CCCOc1cccc(-c2ccc3nc(N)nc(N)c3c2C)c1. The Morgan fingerprint density at radius 1 is 1.09 bits per heavy atom. The van der Waals surface area contributed by atoms with Crippen molar-refractivity contribution >= 4 is 22.7 Å². The maximum Gasteiger partial charge on any atom is 0.222 e. The molecule has 4 N–H and O–H groups in total. The molecule has 118 valence electrons. The lowest BCUT2D eigenvalue weighted by atomic mass is 9.97. The minimum Gasteiger partial charge on any atom is -0.494 e. The van der Waals surface area contributed by atoms with Crippen molar-refractivity contribution in [3.8, 4) is 16.9 Å². The van der Waals surface area contributed by atoms with Crippen LogP contribution in [0.2, 0.25) is 0 Å². The van der Waals surface area contributed by atoms with Crippen LogP contribution in [0.3, 0.4) is 0 Å². The second-order valence-electron chi connectivity index (χ2n) is 5.48. The lowest BCUT2D eigenvalue weighted by Crippen LogP contribution is -2.02. The summed E-state index contributed by atoms with van der Waals surface area (Å²) in [7, 11) is 0. The topological polar surface area (TPSA) is 87.0 Å². The number of benzene rings is 2. The zero-order valence-electron chi connectivity index (χ0n) is 13.3. The molecule has 0 aliphatic rings. The van der Waals surface area contributed by atoms with Crippen LogP contribution in [-0.4, -0.2) is 16.6 Å². The lowest BCUT2D eigenvalue weighted by Gasteiger charge is -2.12. The van der Waals surface area contributed by atoms with Crippen molar-refractivity contribution < 1.29 is 4.74 Å². The highest BCUT2D eigenvalue weighted by Gasteiger charge is 2.11. The lowest BCUT2D eigenvalue weighted by molar-refractivity contribution is 0.317. The largest absolute Gasteiger partial charge is 0.494 e. The molecule has 3 aromatic rings. The summed E-state index contributed by atoms with van der Waals surface area (Å²) in [6, 6.07) is 12.0. The van der Waals surface area contributed by atoms with Gasteiger partial charge in [-0.25, -0.2) is 4.98 Å². The summed E-state index contributed by atoms with van der Waals surface area (Å²) >= 11 is 0.